The summed E-state index contributed by atoms with van der Waals surface area (Å²) in [5.74, 6) is 0.0190. The first-order valence-electron chi connectivity index (χ1n) is 8.26. The number of rotatable bonds is 7. The number of nitrogens with zero attached hydrogens (tertiary/aromatic N) is 1. The molecule has 0 spiro atoms. The normalized spacial score (nSPS) is 15.2. The van der Waals surface area contributed by atoms with Gasteiger partial charge >= 0.3 is 0 Å². The maximum absolute atomic E-state index is 12.0. The number of hydrogen-bond acceptors (Lipinski definition) is 5. The van der Waals surface area contributed by atoms with Crippen molar-refractivity contribution < 1.29 is 9.53 Å². The number of benzene rings is 1. The molecular weight excluding hydrogens is 322 g/mol. The van der Waals surface area contributed by atoms with Crippen molar-refractivity contribution in [3.8, 4) is 0 Å². The summed E-state index contributed by atoms with van der Waals surface area (Å²) in [6.07, 6.45) is 0.428. The molecular formula is C18H23N3O2S. The van der Waals surface area contributed by atoms with Crippen molar-refractivity contribution in [1.82, 2.24) is 4.90 Å². The smallest absolute Gasteiger partial charge is 0.229 e. The highest BCUT2D eigenvalue weighted by atomic mass is 32.1. The highest BCUT2D eigenvalue weighted by Gasteiger charge is 2.09. The lowest BCUT2D eigenvalue weighted by Gasteiger charge is -2.26. The molecule has 1 saturated heterocycles. The van der Waals surface area contributed by atoms with E-state index in [9.17, 15) is 4.79 Å². The zero-order chi connectivity index (χ0) is 16.6. The maximum Gasteiger partial charge on any atom is 0.229 e. The highest BCUT2D eigenvalue weighted by molar-refractivity contribution is 7.10. The van der Waals surface area contributed by atoms with Crippen LogP contribution in [-0.2, 0) is 16.0 Å². The number of morpholine rings is 1. The largest absolute Gasteiger partial charge is 0.384 e. The number of hydrogen-bond donors (Lipinski definition) is 2. The Morgan fingerprint density at radius 3 is 2.58 bits per heavy atom. The van der Waals surface area contributed by atoms with Gasteiger partial charge in [-0.1, -0.05) is 6.07 Å². The molecule has 0 aliphatic carbocycles. The third-order valence-electron chi connectivity index (χ3n) is 3.94. The molecule has 6 heteroatoms. The molecule has 2 aromatic rings. The van der Waals surface area contributed by atoms with Gasteiger partial charge in [-0.2, -0.15) is 0 Å². The van der Waals surface area contributed by atoms with Gasteiger partial charge in [0.05, 0.1) is 19.6 Å². The molecule has 1 amide bonds. The molecule has 1 aromatic carbocycles. The van der Waals surface area contributed by atoms with Crippen LogP contribution in [0.15, 0.2) is 41.8 Å². The van der Waals surface area contributed by atoms with Crippen molar-refractivity contribution >= 4 is 28.6 Å². The fraction of sp³-hybridized carbons (Fsp3) is 0.389. The Labute approximate surface area is 146 Å². The number of nitrogens with one attached hydrogen (secondary N) is 2. The molecule has 1 fully saturated rings. The predicted molar refractivity (Wildman–Crippen MR) is 98.8 cm³/mol. The van der Waals surface area contributed by atoms with Gasteiger partial charge in [-0.05, 0) is 35.7 Å². The maximum atomic E-state index is 12.0. The average Bonchev–Trinajstić information content (AvgIpc) is 3.10. The van der Waals surface area contributed by atoms with Gasteiger partial charge in [0.2, 0.25) is 5.91 Å². The van der Waals surface area contributed by atoms with Crippen LogP contribution in [-0.4, -0.2) is 50.2 Å². The summed E-state index contributed by atoms with van der Waals surface area (Å²) in [5, 5.41) is 8.33. The summed E-state index contributed by atoms with van der Waals surface area (Å²) in [6, 6.07) is 11.8. The summed E-state index contributed by atoms with van der Waals surface area (Å²) in [4.78, 5) is 15.5. The molecule has 5 nitrogen and oxygen atoms in total. The number of anilines is 2. The van der Waals surface area contributed by atoms with Gasteiger partial charge in [-0.25, -0.2) is 0 Å². The number of amides is 1. The topological polar surface area (TPSA) is 53.6 Å². The van der Waals surface area contributed by atoms with Crippen LogP contribution in [0.4, 0.5) is 11.4 Å². The third kappa shape index (κ3) is 5.33. The Morgan fingerprint density at radius 2 is 1.88 bits per heavy atom. The lowest BCUT2D eigenvalue weighted by molar-refractivity contribution is -0.115. The first-order valence-corrected chi connectivity index (χ1v) is 9.14. The van der Waals surface area contributed by atoms with Gasteiger partial charge < -0.3 is 15.4 Å². The minimum Gasteiger partial charge on any atom is -0.384 e. The fourth-order valence-electron chi connectivity index (χ4n) is 2.63. The molecule has 0 bridgehead atoms. The Hall–Kier alpha value is -1.89. The zero-order valence-electron chi connectivity index (χ0n) is 13.7. The van der Waals surface area contributed by atoms with Gasteiger partial charge in [0.25, 0.3) is 0 Å². The van der Waals surface area contributed by atoms with Gasteiger partial charge in [-0.15, -0.1) is 11.3 Å². The fourth-order valence-corrected chi connectivity index (χ4v) is 3.33. The molecule has 1 aromatic heterocycles. The molecule has 0 unspecified atom stereocenters. The van der Waals surface area contributed by atoms with Crippen LogP contribution < -0.4 is 10.6 Å². The van der Waals surface area contributed by atoms with Crippen LogP contribution in [0.5, 0.6) is 0 Å². The van der Waals surface area contributed by atoms with Crippen LogP contribution in [0, 0.1) is 0 Å². The van der Waals surface area contributed by atoms with E-state index < -0.39 is 0 Å². The van der Waals surface area contributed by atoms with Crippen molar-refractivity contribution in [2.45, 2.75) is 6.42 Å². The Kier molecular flexibility index (Phi) is 6.23. The molecule has 3 rings (SSSR count). The first-order chi connectivity index (χ1) is 11.8. The van der Waals surface area contributed by atoms with Crippen LogP contribution in [0.25, 0.3) is 0 Å². The van der Waals surface area contributed by atoms with E-state index in [-0.39, 0.29) is 5.91 Å². The van der Waals surface area contributed by atoms with Gasteiger partial charge in [0.15, 0.2) is 0 Å². The van der Waals surface area contributed by atoms with Crippen molar-refractivity contribution in [2.75, 3.05) is 50.0 Å². The zero-order valence-corrected chi connectivity index (χ0v) is 14.5. The molecule has 0 radical (unpaired) electrons. The van der Waals surface area contributed by atoms with Crippen molar-refractivity contribution in [1.29, 1.82) is 0 Å². The van der Waals surface area contributed by atoms with E-state index in [0.29, 0.717) is 6.42 Å². The number of carbonyl (C=O) groups excluding carboxylic acids is 1. The van der Waals surface area contributed by atoms with E-state index in [4.69, 9.17) is 4.74 Å². The molecule has 24 heavy (non-hydrogen) atoms. The van der Waals surface area contributed by atoms with E-state index in [2.05, 4.69) is 15.5 Å². The summed E-state index contributed by atoms with van der Waals surface area (Å²) >= 11 is 1.60. The van der Waals surface area contributed by atoms with Gasteiger partial charge in [0.1, 0.15) is 0 Å². The Balaban J connectivity index is 1.40. The van der Waals surface area contributed by atoms with Gasteiger partial charge in [0, 0.05) is 42.4 Å². The van der Waals surface area contributed by atoms with E-state index in [1.165, 1.54) is 0 Å². The minimum absolute atomic E-state index is 0.0190. The monoisotopic (exact) mass is 345 g/mol. The number of ether oxygens (including phenoxy) is 1. The van der Waals surface area contributed by atoms with Crippen molar-refractivity contribution in [3.05, 3.63) is 46.7 Å². The third-order valence-corrected chi connectivity index (χ3v) is 4.82. The van der Waals surface area contributed by atoms with Crippen molar-refractivity contribution in [3.63, 3.8) is 0 Å². The first kappa shape index (κ1) is 17.0. The molecule has 1 aliphatic heterocycles. The average molecular weight is 345 g/mol. The van der Waals surface area contributed by atoms with Crippen molar-refractivity contribution in [2.24, 2.45) is 0 Å². The van der Waals surface area contributed by atoms with Crippen LogP contribution >= 0.6 is 11.3 Å². The lowest BCUT2D eigenvalue weighted by Crippen LogP contribution is -2.38. The van der Waals surface area contributed by atoms with Crippen LogP contribution in [0.2, 0.25) is 0 Å². The van der Waals surface area contributed by atoms with E-state index in [0.717, 1.165) is 55.6 Å². The highest BCUT2D eigenvalue weighted by Crippen LogP contribution is 2.15. The van der Waals surface area contributed by atoms with E-state index >= 15 is 0 Å². The second-order valence-corrected chi connectivity index (χ2v) is 6.79. The minimum atomic E-state index is 0.0190. The molecule has 2 N–H and O–H groups in total. The van der Waals surface area contributed by atoms with E-state index in [1.54, 1.807) is 11.3 Å². The molecule has 0 saturated carbocycles. The second kappa shape index (κ2) is 8.82. The Morgan fingerprint density at radius 1 is 1.12 bits per heavy atom. The molecule has 2 heterocycles. The SMILES string of the molecule is O=C(Cc1cccs1)Nc1ccc(NCCN2CCOCC2)cc1. The summed E-state index contributed by atoms with van der Waals surface area (Å²) in [5.41, 5.74) is 1.90. The standard InChI is InChI=1S/C18H23N3O2S/c22-18(14-17-2-1-13-24-17)20-16-5-3-15(4-6-16)19-7-8-21-9-11-23-12-10-21/h1-6,13,19H,7-12,14H2,(H,20,22). The molecule has 128 valence electrons. The lowest BCUT2D eigenvalue weighted by atomic mass is 10.2. The van der Waals surface area contributed by atoms with Gasteiger partial charge in [-0.3, -0.25) is 9.69 Å². The molecule has 1 aliphatic rings. The summed E-state index contributed by atoms with van der Waals surface area (Å²) < 4.78 is 5.35. The van der Waals surface area contributed by atoms with E-state index in [1.807, 2.05) is 41.8 Å². The van der Waals surface area contributed by atoms with Crippen LogP contribution in [0.3, 0.4) is 0 Å². The predicted octanol–water partition coefficient (Wildman–Crippen LogP) is 2.67. The molecule has 0 atom stereocenters. The number of thiophene rings is 1. The summed E-state index contributed by atoms with van der Waals surface area (Å²) in [7, 11) is 0. The second-order valence-electron chi connectivity index (χ2n) is 5.76. The quantitative estimate of drug-likeness (QED) is 0.810. The van der Waals surface area contributed by atoms with Crippen LogP contribution in [0.1, 0.15) is 4.88 Å². The Bertz CT molecular complexity index is 622. The summed E-state index contributed by atoms with van der Waals surface area (Å²) in [6.45, 7) is 5.61. The number of carbonyl (C=O) groups is 1.